The molecule has 0 bridgehead atoms. The summed E-state index contributed by atoms with van der Waals surface area (Å²) in [4.78, 5) is 3.74. The molecule has 0 amide bonds. The Balaban J connectivity index is 2.59. The number of hydrogen-bond acceptors (Lipinski definition) is 2. The van der Waals surface area contributed by atoms with E-state index in [2.05, 4.69) is 26.0 Å². The van der Waals surface area contributed by atoms with Gasteiger partial charge in [0, 0.05) is 0 Å². The van der Waals surface area contributed by atoms with E-state index in [-0.39, 0.29) is 5.82 Å². The standard InChI is InChI=1S/C8H5BrFN3/c9-6-2-1-3-7(8(6)10)13-5-11-4-12-13/h1-5H. The van der Waals surface area contributed by atoms with Crippen molar-refractivity contribution in [3.8, 4) is 5.69 Å². The maximum Gasteiger partial charge on any atom is 0.163 e. The topological polar surface area (TPSA) is 30.7 Å². The van der Waals surface area contributed by atoms with Crippen molar-refractivity contribution in [1.29, 1.82) is 0 Å². The van der Waals surface area contributed by atoms with Crippen molar-refractivity contribution in [2.45, 2.75) is 0 Å². The third-order valence-corrected chi connectivity index (χ3v) is 2.21. The molecule has 0 saturated carbocycles. The smallest absolute Gasteiger partial charge is 0.163 e. The first kappa shape index (κ1) is 8.37. The molecule has 0 N–H and O–H groups in total. The lowest BCUT2D eigenvalue weighted by atomic mass is 10.3. The molecule has 0 aliphatic heterocycles. The molecule has 1 aromatic heterocycles. The summed E-state index contributed by atoms with van der Waals surface area (Å²) in [5.74, 6) is -0.340. The number of aromatic nitrogens is 3. The van der Waals surface area contributed by atoms with Crippen LogP contribution >= 0.6 is 15.9 Å². The second-order valence-electron chi connectivity index (χ2n) is 2.41. The van der Waals surface area contributed by atoms with Crippen LogP contribution in [0.5, 0.6) is 0 Å². The molecule has 66 valence electrons. The zero-order chi connectivity index (χ0) is 9.26. The molecule has 5 heteroatoms. The predicted octanol–water partition coefficient (Wildman–Crippen LogP) is 2.17. The average molecular weight is 242 g/mol. The van der Waals surface area contributed by atoms with E-state index in [0.29, 0.717) is 10.2 Å². The first-order valence-electron chi connectivity index (χ1n) is 3.58. The van der Waals surface area contributed by atoms with Crippen molar-refractivity contribution in [1.82, 2.24) is 14.8 Å². The monoisotopic (exact) mass is 241 g/mol. The molecule has 2 rings (SSSR count). The van der Waals surface area contributed by atoms with Crippen LogP contribution in [0.4, 0.5) is 4.39 Å². The van der Waals surface area contributed by atoms with E-state index in [1.807, 2.05) is 0 Å². The van der Waals surface area contributed by atoms with Crippen LogP contribution in [0.25, 0.3) is 5.69 Å². The second kappa shape index (κ2) is 3.26. The Morgan fingerprint density at radius 1 is 1.38 bits per heavy atom. The van der Waals surface area contributed by atoms with Gasteiger partial charge in [-0.05, 0) is 28.1 Å². The van der Waals surface area contributed by atoms with Gasteiger partial charge >= 0.3 is 0 Å². The fourth-order valence-electron chi connectivity index (χ4n) is 1.00. The van der Waals surface area contributed by atoms with Crippen LogP contribution in [0.2, 0.25) is 0 Å². The van der Waals surface area contributed by atoms with E-state index in [9.17, 15) is 4.39 Å². The number of benzene rings is 1. The molecular formula is C8H5BrFN3. The van der Waals surface area contributed by atoms with E-state index in [0.717, 1.165) is 0 Å². The third-order valence-electron chi connectivity index (χ3n) is 1.60. The highest BCUT2D eigenvalue weighted by molar-refractivity contribution is 9.10. The molecule has 1 heterocycles. The molecule has 0 fully saturated rings. The lowest BCUT2D eigenvalue weighted by molar-refractivity contribution is 0.604. The zero-order valence-corrected chi connectivity index (χ0v) is 8.07. The highest BCUT2D eigenvalue weighted by Crippen LogP contribution is 2.20. The molecule has 0 spiro atoms. The largest absolute Gasteiger partial charge is 0.223 e. The van der Waals surface area contributed by atoms with Crippen molar-refractivity contribution < 1.29 is 4.39 Å². The summed E-state index contributed by atoms with van der Waals surface area (Å²) in [6.45, 7) is 0. The molecule has 2 aromatic rings. The van der Waals surface area contributed by atoms with Crippen molar-refractivity contribution in [3.05, 3.63) is 41.1 Å². The first-order chi connectivity index (χ1) is 6.29. The van der Waals surface area contributed by atoms with Gasteiger partial charge in [0.05, 0.1) is 4.47 Å². The summed E-state index contributed by atoms with van der Waals surface area (Å²) >= 11 is 3.10. The van der Waals surface area contributed by atoms with E-state index < -0.39 is 0 Å². The van der Waals surface area contributed by atoms with E-state index in [1.54, 1.807) is 18.2 Å². The van der Waals surface area contributed by atoms with Crippen LogP contribution in [0, 0.1) is 5.82 Å². The Morgan fingerprint density at radius 2 is 2.23 bits per heavy atom. The van der Waals surface area contributed by atoms with Gasteiger partial charge in [-0.3, -0.25) is 0 Å². The van der Waals surface area contributed by atoms with Crippen molar-refractivity contribution >= 4 is 15.9 Å². The van der Waals surface area contributed by atoms with Gasteiger partial charge in [0.2, 0.25) is 0 Å². The van der Waals surface area contributed by atoms with Crippen LogP contribution in [0.15, 0.2) is 35.3 Å². The van der Waals surface area contributed by atoms with Crippen molar-refractivity contribution in [3.63, 3.8) is 0 Å². The zero-order valence-electron chi connectivity index (χ0n) is 6.48. The van der Waals surface area contributed by atoms with Gasteiger partial charge in [-0.1, -0.05) is 6.07 Å². The lowest BCUT2D eigenvalue weighted by Gasteiger charge is -2.02. The Hall–Kier alpha value is -1.23. The molecule has 0 unspecified atom stereocenters. The van der Waals surface area contributed by atoms with Gasteiger partial charge in [0.15, 0.2) is 5.82 Å². The normalized spacial score (nSPS) is 10.3. The summed E-state index contributed by atoms with van der Waals surface area (Å²) < 4.78 is 15.2. The molecule has 0 radical (unpaired) electrons. The average Bonchev–Trinajstić information content (AvgIpc) is 2.62. The SMILES string of the molecule is Fc1c(Br)cccc1-n1cncn1. The molecule has 0 aliphatic rings. The van der Waals surface area contributed by atoms with Crippen LogP contribution in [0.3, 0.4) is 0 Å². The van der Waals surface area contributed by atoms with Gasteiger partial charge in [-0.15, -0.1) is 0 Å². The van der Waals surface area contributed by atoms with Gasteiger partial charge in [-0.2, -0.15) is 5.10 Å². The third kappa shape index (κ3) is 1.47. The van der Waals surface area contributed by atoms with Crippen LogP contribution in [0.1, 0.15) is 0 Å². The minimum absolute atomic E-state index is 0.340. The molecule has 0 atom stereocenters. The van der Waals surface area contributed by atoms with Gasteiger partial charge in [0.25, 0.3) is 0 Å². The number of halogens is 2. The number of hydrogen-bond donors (Lipinski definition) is 0. The summed E-state index contributed by atoms with van der Waals surface area (Å²) in [6, 6.07) is 5.01. The molecule has 0 saturated heterocycles. The molecule has 13 heavy (non-hydrogen) atoms. The minimum Gasteiger partial charge on any atom is -0.223 e. The van der Waals surface area contributed by atoms with Crippen LogP contribution in [-0.2, 0) is 0 Å². The molecule has 1 aromatic carbocycles. The minimum atomic E-state index is -0.340. The molecule has 0 aliphatic carbocycles. The number of nitrogens with zero attached hydrogens (tertiary/aromatic N) is 3. The maximum atomic E-state index is 13.4. The lowest BCUT2D eigenvalue weighted by Crippen LogP contribution is -1.98. The fourth-order valence-corrected chi connectivity index (χ4v) is 1.36. The molecular weight excluding hydrogens is 237 g/mol. The first-order valence-corrected chi connectivity index (χ1v) is 4.37. The van der Waals surface area contributed by atoms with Gasteiger partial charge in [0.1, 0.15) is 18.3 Å². The fraction of sp³-hybridized carbons (Fsp3) is 0. The Kier molecular flexibility index (Phi) is 2.10. The maximum absolute atomic E-state index is 13.4. The van der Waals surface area contributed by atoms with Crippen molar-refractivity contribution in [2.75, 3.05) is 0 Å². The van der Waals surface area contributed by atoms with E-state index >= 15 is 0 Å². The van der Waals surface area contributed by atoms with Crippen LogP contribution < -0.4 is 0 Å². The van der Waals surface area contributed by atoms with E-state index in [4.69, 9.17) is 0 Å². The van der Waals surface area contributed by atoms with Crippen LogP contribution in [-0.4, -0.2) is 14.8 Å². The van der Waals surface area contributed by atoms with Crippen molar-refractivity contribution in [2.24, 2.45) is 0 Å². The Bertz CT molecular complexity index is 413. The van der Waals surface area contributed by atoms with Gasteiger partial charge in [-0.25, -0.2) is 14.1 Å². The Morgan fingerprint density at radius 3 is 2.92 bits per heavy atom. The van der Waals surface area contributed by atoms with E-state index in [1.165, 1.54) is 17.3 Å². The highest BCUT2D eigenvalue weighted by Gasteiger charge is 2.07. The second-order valence-corrected chi connectivity index (χ2v) is 3.27. The summed E-state index contributed by atoms with van der Waals surface area (Å²) in [5.41, 5.74) is 0.381. The quantitative estimate of drug-likeness (QED) is 0.767. The van der Waals surface area contributed by atoms with Gasteiger partial charge < -0.3 is 0 Å². The summed E-state index contributed by atoms with van der Waals surface area (Å²) in [6.07, 6.45) is 2.81. The number of rotatable bonds is 1. The Labute approximate surface area is 82.3 Å². The summed E-state index contributed by atoms with van der Waals surface area (Å²) in [7, 11) is 0. The molecule has 3 nitrogen and oxygen atoms in total. The summed E-state index contributed by atoms with van der Waals surface area (Å²) in [5, 5.41) is 3.83. The highest BCUT2D eigenvalue weighted by atomic mass is 79.9. The predicted molar refractivity (Wildman–Crippen MR) is 49.0 cm³/mol.